The number of rotatable bonds is 2. The van der Waals surface area contributed by atoms with Crippen LogP contribution in [0.3, 0.4) is 0 Å². The molecule has 0 spiro atoms. The zero-order valence-corrected chi connectivity index (χ0v) is 16.4. The van der Waals surface area contributed by atoms with Crippen LogP contribution in [-0.4, -0.2) is 17.9 Å². The molecule has 144 valence electrons. The van der Waals surface area contributed by atoms with Crippen molar-refractivity contribution in [2.45, 2.75) is 90.5 Å². The van der Waals surface area contributed by atoms with Gasteiger partial charge >= 0.3 is 11.8 Å². The summed E-state index contributed by atoms with van der Waals surface area (Å²) in [5.41, 5.74) is 2.81. The second kappa shape index (κ2) is 11.0. The summed E-state index contributed by atoms with van der Waals surface area (Å²) >= 11 is 0. The number of hydrogen-bond acceptors (Lipinski definition) is 2. The summed E-state index contributed by atoms with van der Waals surface area (Å²) in [6.45, 7) is 3.95. The zero-order chi connectivity index (χ0) is 18.8. The van der Waals surface area contributed by atoms with E-state index in [0.29, 0.717) is 5.69 Å². The Hall–Kier alpha value is -1.84. The van der Waals surface area contributed by atoms with Gasteiger partial charge in [-0.1, -0.05) is 75.5 Å². The molecular formula is C22H34N2O2. The second-order valence-corrected chi connectivity index (χ2v) is 7.70. The van der Waals surface area contributed by atoms with Crippen molar-refractivity contribution in [3.8, 4) is 0 Å². The van der Waals surface area contributed by atoms with Gasteiger partial charge in [-0.15, -0.1) is 0 Å². The third kappa shape index (κ3) is 7.19. The predicted octanol–water partition coefficient (Wildman–Crippen LogP) is 5.03. The van der Waals surface area contributed by atoms with Crippen LogP contribution in [0.15, 0.2) is 18.2 Å². The minimum Gasteiger partial charge on any atom is -0.345 e. The minimum absolute atomic E-state index is 0.117. The summed E-state index contributed by atoms with van der Waals surface area (Å²) in [6.07, 6.45) is 13.2. The van der Waals surface area contributed by atoms with Gasteiger partial charge in [-0.2, -0.15) is 0 Å². The molecule has 1 aromatic carbocycles. The lowest BCUT2D eigenvalue weighted by atomic mass is 9.98. The topological polar surface area (TPSA) is 58.2 Å². The van der Waals surface area contributed by atoms with Gasteiger partial charge in [0.05, 0.1) is 0 Å². The Morgan fingerprint density at radius 2 is 1.35 bits per heavy atom. The lowest BCUT2D eigenvalue weighted by molar-refractivity contribution is -0.136. The van der Waals surface area contributed by atoms with Crippen LogP contribution in [0.2, 0.25) is 0 Å². The first-order chi connectivity index (χ1) is 12.6. The molecule has 0 saturated heterocycles. The summed E-state index contributed by atoms with van der Waals surface area (Å²) < 4.78 is 0. The van der Waals surface area contributed by atoms with E-state index in [1.807, 2.05) is 32.0 Å². The van der Waals surface area contributed by atoms with Crippen LogP contribution >= 0.6 is 0 Å². The fraction of sp³-hybridized carbons (Fsp3) is 0.636. The first-order valence-electron chi connectivity index (χ1n) is 10.3. The van der Waals surface area contributed by atoms with Gasteiger partial charge in [0.15, 0.2) is 0 Å². The molecule has 2 rings (SSSR count). The van der Waals surface area contributed by atoms with Gasteiger partial charge in [-0.3, -0.25) is 9.59 Å². The van der Waals surface area contributed by atoms with E-state index in [4.69, 9.17) is 0 Å². The number of amides is 2. The van der Waals surface area contributed by atoms with Gasteiger partial charge in [0.25, 0.3) is 0 Å². The van der Waals surface area contributed by atoms with Gasteiger partial charge in [-0.25, -0.2) is 0 Å². The summed E-state index contributed by atoms with van der Waals surface area (Å²) in [5.74, 6) is -1.08. The van der Waals surface area contributed by atoms with Gasteiger partial charge < -0.3 is 10.6 Å². The first kappa shape index (κ1) is 20.5. The zero-order valence-electron chi connectivity index (χ0n) is 16.4. The van der Waals surface area contributed by atoms with Crippen molar-refractivity contribution in [3.05, 3.63) is 29.3 Å². The molecule has 1 aromatic rings. The number of benzene rings is 1. The van der Waals surface area contributed by atoms with Gasteiger partial charge in [0.1, 0.15) is 0 Å². The van der Waals surface area contributed by atoms with E-state index in [1.165, 1.54) is 44.9 Å². The Bertz CT molecular complexity index is 586. The van der Waals surface area contributed by atoms with Crippen LogP contribution < -0.4 is 10.6 Å². The Morgan fingerprint density at radius 3 is 1.88 bits per heavy atom. The molecule has 1 saturated carbocycles. The molecule has 1 aliphatic rings. The van der Waals surface area contributed by atoms with E-state index in [1.54, 1.807) is 0 Å². The summed E-state index contributed by atoms with van der Waals surface area (Å²) in [4.78, 5) is 24.6. The highest BCUT2D eigenvalue weighted by Gasteiger charge is 2.19. The molecule has 0 radical (unpaired) electrons. The fourth-order valence-corrected chi connectivity index (χ4v) is 3.69. The molecule has 2 amide bonds. The van der Waals surface area contributed by atoms with E-state index >= 15 is 0 Å². The van der Waals surface area contributed by atoms with Crippen molar-refractivity contribution in [2.24, 2.45) is 0 Å². The molecule has 1 aliphatic carbocycles. The lowest BCUT2D eigenvalue weighted by Crippen LogP contribution is -2.42. The molecule has 4 heteroatoms. The first-order valence-corrected chi connectivity index (χ1v) is 10.3. The van der Waals surface area contributed by atoms with Crippen LogP contribution in [0.4, 0.5) is 5.69 Å². The van der Waals surface area contributed by atoms with Crippen molar-refractivity contribution in [3.63, 3.8) is 0 Å². The van der Waals surface area contributed by atoms with Crippen molar-refractivity contribution in [2.75, 3.05) is 5.32 Å². The molecule has 0 heterocycles. The summed E-state index contributed by atoms with van der Waals surface area (Å²) in [6, 6.07) is 5.91. The molecule has 0 unspecified atom stereocenters. The largest absolute Gasteiger partial charge is 0.345 e. The highest BCUT2D eigenvalue weighted by Crippen LogP contribution is 2.18. The predicted molar refractivity (Wildman–Crippen MR) is 107 cm³/mol. The van der Waals surface area contributed by atoms with Gasteiger partial charge in [-0.05, 0) is 38.3 Å². The molecule has 0 bridgehead atoms. The van der Waals surface area contributed by atoms with Gasteiger partial charge in [0.2, 0.25) is 0 Å². The van der Waals surface area contributed by atoms with Crippen molar-refractivity contribution in [1.29, 1.82) is 0 Å². The second-order valence-electron chi connectivity index (χ2n) is 7.70. The molecule has 26 heavy (non-hydrogen) atoms. The van der Waals surface area contributed by atoms with Crippen LogP contribution in [-0.2, 0) is 9.59 Å². The van der Waals surface area contributed by atoms with Crippen LogP contribution in [0, 0.1) is 13.8 Å². The molecule has 0 aromatic heterocycles. The van der Waals surface area contributed by atoms with E-state index in [2.05, 4.69) is 10.6 Å². The quantitative estimate of drug-likeness (QED) is 0.728. The molecule has 2 N–H and O–H groups in total. The molecule has 4 nitrogen and oxygen atoms in total. The van der Waals surface area contributed by atoms with Crippen molar-refractivity contribution in [1.82, 2.24) is 5.32 Å². The van der Waals surface area contributed by atoms with E-state index in [-0.39, 0.29) is 6.04 Å². The molecule has 1 fully saturated rings. The van der Waals surface area contributed by atoms with E-state index in [0.717, 1.165) is 36.8 Å². The van der Waals surface area contributed by atoms with Crippen molar-refractivity contribution >= 4 is 17.5 Å². The molecule has 0 aliphatic heterocycles. The number of carbonyl (C=O) groups is 2. The Balaban J connectivity index is 1.86. The number of nitrogens with one attached hydrogen (secondary N) is 2. The van der Waals surface area contributed by atoms with Crippen molar-refractivity contribution < 1.29 is 9.59 Å². The SMILES string of the molecule is Cc1ccc(NC(=O)C(=O)NC2CCCCCCCCCCC2)c(C)c1. The summed E-state index contributed by atoms with van der Waals surface area (Å²) in [5, 5.41) is 5.72. The summed E-state index contributed by atoms with van der Waals surface area (Å²) in [7, 11) is 0. The Kier molecular flexibility index (Phi) is 8.66. The number of anilines is 1. The fourth-order valence-electron chi connectivity index (χ4n) is 3.69. The highest BCUT2D eigenvalue weighted by molar-refractivity contribution is 6.39. The Labute approximate surface area is 158 Å². The average Bonchev–Trinajstić information content (AvgIpc) is 2.59. The number of hydrogen-bond donors (Lipinski definition) is 2. The van der Waals surface area contributed by atoms with Gasteiger partial charge in [0, 0.05) is 11.7 Å². The monoisotopic (exact) mass is 358 g/mol. The molecular weight excluding hydrogens is 324 g/mol. The maximum Gasteiger partial charge on any atom is 0.313 e. The normalized spacial score (nSPS) is 17.6. The maximum atomic E-state index is 12.3. The van der Waals surface area contributed by atoms with E-state index in [9.17, 15) is 9.59 Å². The third-order valence-electron chi connectivity index (χ3n) is 5.28. The van der Waals surface area contributed by atoms with Crippen LogP contribution in [0.25, 0.3) is 0 Å². The Morgan fingerprint density at radius 1 is 0.808 bits per heavy atom. The highest BCUT2D eigenvalue weighted by atomic mass is 16.2. The third-order valence-corrected chi connectivity index (χ3v) is 5.28. The standard InChI is InChI=1S/C22H34N2O2/c1-17-14-15-20(18(2)16-17)24-22(26)21(25)23-19-12-10-8-6-4-3-5-7-9-11-13-19/h14-16,19H,3-13H2,1-2H3,(H,23,25)(H,24,26). The average molecular weight is 359 g/mol. The maximum absolute atomic E-state index is 12.3. The minimum atomic E-state index is -0.567. The number of aryl methyl sites for hydroxylation is 2. The lowest BCUT2D eigenvalue weighted by Gasteiger charge is -2.19. The van der Waals surface area contributed by atoms with Crippen LogP contribution in [0.1, 0.15) is 81.8 Å². The number of carbonyl (C=O) groups excluding carboxylic acids is 2. The van der Waals surface area contributed by atoms with E-state index < -0.39 is 11.8 Å². The smallest absolute Gasteiger partial charge is 0.313 e. The molecule has 0 atom stereocenters. The van der Waals surface area contributed by atoms with Crippen LogP contribution in [0.5, 0.6) is 0 Å².